The summed E-state index contributed by atoms with van der Waals surface area (Å²) < 4.78 is 12.4. The van der Waals surface area contributed by atoms with Crippen molar-refractivity contribution in [2.75, 3.05) is 14.2 Å². The standard InChI is InChI=1S/C19H14ClN3O3S/c1-25-14-8-5-12(10-15(14)26-2)17-21-19-23(22-17)18(24)16(27-19)9-11-3-6-13(20)7-4-11/h3-10H,1-2H3/b16-9-. The number of nitrogens with zero attached hydrogens (tertiary/aromatic N) is 3. The Morgan fingerprint density at radius 3 is 2.48 bits per heavy atom. The second kappa shape index (κ2) is 7.02. The molecule has 8 heteroatoms. The average molecular weight is 400 g/mol. The maximum Gasteiger partial charge on any atom is 0.291 e. The minimum absolute atomic E-state index is 0.204. The quantitative estimate of drug-likeness (QED) is 0.527. The highest BCUT2D eigenvalue weighted by Crippen LogP contribution is 2.31. The van der Waals surface area contributed by atoms with Gasteiger partial charge in [0, 0.05) is 10.6 Å². The Labute approximate surface area is 163 Å². The van der Waals surface area contributed by atoms with Crippen LogP contribution in [-0.4, -0.2) is 28.8 Å². The fourth-order valence-corrected chi connectivity index (χ4v) is 3.68. The summed E-state index contributed by atoms with van der Waals surface area (Å²) in [7, 11) is 3.14. The smallest absolute Gasteiger partial charge is 0.291 e. The van der Waals surface area contributed by atoms with E-state index in [1.807, 2.05) is 18.2 Å². The van der Waals surface area contributed by atoms with Gasteiger partial charge in [-0.2, -0.15) is 9.50 Å². The minimum atomic E-state index is -0.204. The molecule has 136 valence electrons. The summed E-state index contributed by atoms with van der Waals surface area (Å²) in [5, 5.41) is 5.01. The third-order valence-electron chi connectivity index (χ3n) is 3.99. The van der Waals surface area contributed by atoms with E-state index in [1.165, 1.54) is 15.9 Å². The Morgan fingerprint density at radius 2 is 1.81 bits per heavy atom. The van der Waals surface area contributed by atoms with Gasteiger partial charge in [-0.1, -0.05) is 35.1 Å². The Hall–Kier alpha value is -2.90. The molecule has 27 heavy (non-hydrogen) atoms. The monoisotopic (exact) mass is 399 g/mol. The molecule has 2 aromatic heterocycles. The van der Waals surface area contributed by atoms with Gasteiger partial charge < -0.3 is 9.47 Å². The van der Waals surface area contributed by atoms with Crippen molar-refractivity contribution >= 4 is 34.0 Å². The molecule has 0 fully saturated rings. The van der Waals surface area contributed by atoms with Crippen molar-refractivity contribution in [1.29, 1.82) is 0 Å². The van der Waals surface area contributed by atoms with Gasteiger partial charge in [0.1, 0.15) is 0 Å². The lowest BCUT2D eigenvalue weighted by atomic mass is 10.2. The molecule has 0 saturated heterocycles. The van der Waals surface area contributed by atoms with E-state index in [2.05, 4.69) is 10.1 Å². The predicted molar refractivity (Wildman–Crippen MR) is 106 cm³/mol. The van der Waals surface area contributed by atoms with Gasteiger partial charge in [0.15, 0.2) is 17.3 Å². The zero-order valence-electron chi connectivity index (χ0n) is 14.5. The van der Waals surface area contributed by atoms with E-state index in [9.17, 15) is 4.79 Å². The van der Waals surface area contributed by atoms with Gasteiger partial charge in [-0.05, 0) is 42.0 Å². The number of hydrogen-bond acceptors (Lipinski definition) is 6. The van der Waals surface area contributed by atoms with Crippen LogP contribution in [0.2, 0.25) is 5.02 Å². The lowest BCUT2D eigenvalue weighted by Gasteiger charge is -2.07. The van der Waals surface area contributed by atoms with Crippen LogP contribution in [0, 0.1) is 0 Å². The molecule has 0 radical (unpaired) electrons. The number of ether oxygens (including phenoxy) is 2. The molecule has 0 aliphatic heterocycles. The van der Waals surface area contributed by atoms with Crippen LogP contribution in [0.5, 0.6) is 11.5 Å². The van der Waals surface area contributed by atoms with Gasteiger partial charge in [-0.3, -0.25) is 4.79 Å². The third-order valence-corrected chi connectivity index (χ3v) is 5.20. The summed E-state index contributed by atoms with van der Waals surface area (Å²) in [6.07, 6.45) is 1.80. The highest BCUT2D eigenvalue weighted by molar-refractivity contribution is 7.15. The van der Waals surface area contributed by atoms with E-state index in [0.29, 0.717) is 31.8 Å². The van der Waals surface area contributed by atoms with Crippen LogP contribution in [0.1, 0.15) is 5.56 Å². The molecule has 0 atom stereocenters. The van der Waals surface area contributed by atoms with Crippen molar-refractivity contribution in [3.63, 3.8) is 0 Å². The number of fused-ring (bicyclic) bond motifs is 1. The summed E-state index contributed by atoms with van der Waals surface area (Å²) >= 11 is 7.18. The second-order valence-electron chi connectivity index (χ2n) is 5.67. The van der Waals surface area contributed by atoms with Crippen LogP contribution < -0.4 is 19.6 Å². The van der Waals surface area contributed by atoms with Gasteiger partial charge >= 0.3 is 0 Å². The molecule has 0 unspecified atom stereocenters. The molecule has 4 rings (SSSR count). The highest BCUT2D eigenvalue weighted by Gasteiger charge is 2.14. The maximum absolute atomic E-state index is 12.6. The summed E-state index contributed by atoms with van der Waals surface area (Å²) in [5.74, 6) is 1.65. The molecule has 0 amide bonds. The first kappa shape index (κ1) is 17.5. The lowest BCUT2D eigenvalue weighted by molar-refractivity contribution is 0.355. The number of aromatic nitrogens is 3. The number of thiazole rings is 1. The first-order chi connectivity index (χ1) is 13.1. The van der Waals surface area contributed by atoms with Crippen molar-refractivity contribution in [1.82, 2.24) is 14.6 Å². The molecule has 0 spiro atoms. The number of halogens is 1. The van der Waals surface area contributed by atoms with E-state index in [-0.39, 0.29) is 5.56 Å². The Kier molecular flexibility index (Phi) is 4.55. The largest absolute Gasteiger partial charge is 0.493 e. The fraction of sp³-hybridized carbons (Fsp3) is 0.105. The Morgan fingerprint density at radius 1 is 1.07 bits per heavy atom. The summed E-state index contributed by atoms with van der Waals surface area (Å²) in [6, 6.07) is 12.7. The van der Waals surface area contributed by atoms with E-state index in [4.69, 9.17) is 21.1 Å². The van der Waals surface area contributed by atoms with Gasteiger partial charge in [0.05, 0.1) is 18.8 Å². The van der Waals surface area contributed by atoms with Crippen molar-refractivity contribution < 1.29 is 9.47 Å². The van der Waals surface area contributed by atoms with Crippen molar-refractivity contribution in [3.05, 3.63) is 67.9 Å². The van der Waals surface area contributed by atoms with Crippen molar-refractivity contribution in [3.8, 4) is 22.9 Å². The molecular formula is C19H14ClN3O3S. The molecule has 4 aromatic rings. The first-order valence-corrected chi connectivity index (χ1v) is 9.18. The second-order valence-corrected chi connectivity index (χ2v) is 7.11. The average Bonchev–Trinajstić information content (AvgIpc) is 3.23. The molecule has 6 nitrogen and oxygen atoms in total. The SMILES string of the molecule is COc1ccc(-c2nc3s/c(=C\c4ccc(Cl)cc4)c(=O)n3n2)cc1OC. The zero-order chi connectivity index (χ0) is 19.0. The van der Waals surface area contributed by atoms with Crippen LogP contribution in [0.4, 0.5) is 0 Å². The predicted octanol–water partition coefficient (Wildman–Crippen LogP) is 3.04. The molecule has 0 bridgehead atoms. The van der Waals surface area contributed by atoms with Gasteiger partial charge in [0.25, 0.3) is 5.56 Å². The van der Waals surface area contributed by atoms with E-state index in [1.54, 1.807) is 44.6 Å². The fourth-order valence-electron chi connectivity index (χ4n) is 2.64. The Balaban J connectivity index is 1.77. The minimum Gasteiger partial charge on any atom is -0.493 e. The number of rotatable bonds is 4. The molecule has 0 aliphatic carbocycles. The third kappa shape index (κ3) is 3.27. The van der Waals surface area contributed by atoms with E-state index >= 15 is 0 Å². The van der Waals surface area contributed by atoms with Crippen LogP contribution >= 0.6 is 22.9 Å². The number of benzene rings is 2. The van der Waals surface area contributed by atoms with Gasteiger partial charge in [-0.15, -0.1) is 5.10 Å². The summed E-state index contributed by atoms with van der Waals surface area (Å²) in [6.45, 7) is 0. The van der Waals surface area contributed by atoms with Crippen LogP contribution in [0.3, 0.4) is 0 Å². The summed E-state index contributed by atoms with van der Waals surface area (Å²) in [5.41, 5.74) is 1.43. The maximum atomic E-state index is 12.6. The molecule has 2 heterocycles. The number of hydrogen-bond donors (Lipinski definition) is 0. The molecule has 0 saturated carbocycles. The lowest BCUT2D eigenvalue weighted by Crippen LogP contribution is -2.23. The Bertz CT molecular complexity index is 1230. The van der Waals surface area contributed by atoms with Crippen LogP contribution in [-0.2, 0) is 0 Å². The molecule has 2 aromatic carbocycles. The molecule has 0 N–H and O–H groups in total. The van der Waals surface area contributed by atoms with Crippen LogP contribution in [0.15, 0.2) is 47.3 Å². The van der Waals surface area contributed by atoms with Gasteiger partial charge in [-0.25, -0.2) is 0 Å². The van der Waals surface area contributed by atoms with E-state index < -0.39 is 0 Å². The topological polar surface area (TPSA) is 65.7 Å². The highest BCUT2D eigenvalue weighted by atomic mass is 35.5. The zero-order valence-corrected chi connectivity index (χ0v) is 16.0. The van der Waals surface area contributed by atoms with E-state index in [0.717, 1.165) is 11.1 Å². The normalized spacial score (nSPS) is 11.9. The van der Waals surface area contributed by atoms with Crippen LogP contribution in [0.25, 0.3) is 22.4 Å². The van der Waals surface area contributed by atoms with Gasteiger partial charge in [0.2, 0.25) is 4.96 Å². The molecule has 0 aliphatic rings. The summed E-state index contributed by atoms with van der Waals surface area (Å²) in [4.78, 5) is 17.7. The first-order valence-electron chi connectivity index (χ1n) is 7.98. The molecular weight excluding hydrogens is 386 g/mol. The van der Waals surface area contributed by atoms with Crippen molar-refractivity contribution in [2.45, 2.75) is 0 Å². The van der Waals surface area contributed by atoms with Crippen molar-refractivity contribution in [2.24, 2.45) is 0 Å². The number of methoxy groups -OCH3 is 2.